The SMILES string of the molecule is C=CC(C=O)C/C=C\C. The van der Waals surface area contributed by atoms with Gasteiger partial charge in [-0.2, -0.15) is 0 Å². The average molecular weight is 124 g/mol. The number of hydrogen-bond acceptors (Lipinski definition) is 1. The second-order valence-electron chi connectivity index (χ2n) is 1.84. The third-order valence-electron chi connectivity index (χ3n) is 1.12. The quantitative estimate of drug-likeness (QED) is 0.413. The van der Waals surface area contributed by atoms with E-state index in [0.717, 1.165) is 12.7 Å². The second kappa shape index (κ2) is 5.29. The first-order valence-electron chi connectivity index (χ1n) is 3.04. The van der Waals surface area contributed by atoms with Crippen molar-refractivity contribution in [3.05, 3.63) is 24.8 Å². The normalized spacial score (nSPS) is 13.4. The molecule has 0 aromatic heterocycles. The summed E-state index contributed by atoms with van der Waals surface area (Å²) in [5.41, 5.74) is 0. The molecule has 0 aromatic rings. The predicted octanol–water partition coefficient (Wildman–Crippen LogP) is 1.95. The van der Waals surface area contributed by atoms with Gasteiger partial charge in [-0.1, -0.05) is 18.2 Å². The molecule has 0 bridgehead atoms. The highest BCUT2D eigenvalue weighted by molar-refractivity contribution is 5.56. The number of carbonyl (C=O) groups is 1. The predicted molar refractivity (Wildman–Crippen MR) is 39.2 cm³/mol. The first-order chi connectivity index (χ1) is 4.35. The zero-order valence-electron chi connectivity index (χ0n) is 5.71. The number of allylic oxidation sites excluding steroid dienone is 3. The van der Waals surface area contributed by atoms with E-state index in [9.17, 15) is 4.79 Å². The molecule has 0 radical (unpaired) electrons. The summed E-state index contributed by atoms with van der Waals surface area (Å²) < 4.78 is 0. The Balaban J connectivity index is 3.55. The van der Waals surface area contributed by atoms with Gasteiger partial charge in [0, 0.05) is 5.92 Å². The fourth-order valence-electron chi connectivity index (χ4n) is 0.501. The number of carbonyl (C=O) groups excluding carboxylic acids is 1. The number of rotatable bonds is 4. The maximum Gasteiger partial charge on any atom is 0.127 e. The summed E-state index contributed by atoms with van der Waals surface area (Å²) in [5, 5.41) is 0. The maximum atomic E-state index is 10.1. The van der Waals surface area contributed by atoms with Gasteiger partial charge in [-0.05, 0) is 13.3 Å². The molecule has 0 amide bonds. The van der Waals surface area contributed by atoms with Gasteiger partial charge in [0.15, 0.2) is 0 Å². The van der Waals surface area contributed by atoms with Crippen molar-refractivity contribution in [3.8, 4) is 0 Å². The lowest BCUT2D eigenvalue weighted by Crippen LogP contribution is -1.93. The van der Waals surface area contributed by atoms with E-state index in [1.54, 1.807) is 6.08 Å². The summed E-state index contributed by atoms with van der Waals surface area (Å²) >= 11 is 0. The highest BCUT2D eigenvalue weighted by Gasteiger charge is 1.95. The molecular weight excluding hydrogens is 112 g/mol. The lowest BCUT2D eigenvalue weighted by atomic mass is 10.1. The average Bonchev–Trinajstić information content (AvgIpc) is 1.91. The molecule has 1 atom stereocenters. The second-order valence-corrected chi connectivity index (χ2v) is 1.84. The Kier molecular flexibility index (Phi) is 4.79. The van der Waals surface area contributed by atoms with Gasteiger partial charge in [-0.3, -0.25) is 0 Å². The Labute approximate surface area is 56.1 Å². The molecule has 0 spiro atoms. The van der Waals surface area contributed by atoms with Crippen LogP contribution in [0.4, 0.5) is 0 Å². The zero-order valence-corrected chi connectivity index (χ0v) is 5.71. The molecule has 0 fully saturated rings. The van der Waals surface area contributed by atoms with Crippen molar-refractivity contribution in [2.24, 2.45) is 5.92 Å². The van der Waals surface area contributed by atoms with Crippen LogP contribution >= 0.6 is 0 Å². The summed E-state index contributed by atoms with van der Waals surface area (Å²) in [6, 6.07) is 0. The monoisotopic (exact) mass is 124 g/mol. The van der Waals surface area contributed by atoms with E-state index in [2.05, 4.69) is 6.58 Å². The molecule has 0 aliphatic rings. The van der Waals surface area contributed by atoms with Crippen LogP contribution in [0.3, 0.4) is 0 Å². The molecule has 0 saturated heterocycles. The Bertz CT molecular complexity index is 106. The summed E-state index contributed by atoms with van der Waals surface area (Å²) in [6.07, 6.45) is 7.24. The van der Waals surface area contributed by atoms with Crippen molar-refractivity contribution in [2.45, 2.75) is 13.3 Å². The highest BCUT2D eigenvalue weighted by Crippen LogP contribution is 2.00. The van der Waals surface area contributed by atoms with Gasteiger partial charge in [-0.25, -0.2) is 0 Å². The summed E-state index contributed by atoms with van der Waals surface area (Å²) in [5.74, 6) is 0.00111. The molecule has 0 aromatic carbocycles. The molecule has 1 unspecified atom stereocenters. The van der Waals surface area contributed by atoms with Crippen LogP contribution < -0.4 is 0 Å². The van der Waals surface area contributed by atoms with Gasteiger partial charge in [0.2, 0.25) is 0 Å². The Hall–Kier alpha value is -0.850. The molecule has 0 heterocycles. The first-order valence-corrected chi connectivity index (χ1v) is 3.04. The highest BCUT2D eigenvalue weighted by atomic mass is 16.1. The molecule has 0 aliphatic carbocycles. The number of hydrogen-bond donors (Lipinski definition) is 0. The van der Waals surface area contributed by atoms with E-state index in [1.165, 1.54) is 0 Å². The Morgan fingerprint density at radius 3 is 2.67 bits per heavy atom. The molecule has 0 rings (SSSR count). The molecular formula is C8H12O. The van der Waals surface area contributed by atoms with Crippen LogP contribution in [-0.2, 0) is 4.79 Å². The van der Waals surface area contributed by atoms with E-state index < -0.39 is 0 Å². The summed E-state index contributed by atoms with van der Waals surface area (Å²) in [4.78, 5) is 10.1. The Morgan fingerprint density at radius 2 is 2.33 bits per heavy atom. The summed E-state index contributed by atoms with van der Waals surface area (Å²) in [6.45, 7) is 5.46. The van der Waals surface area contributed by atoms with Gasteiger partial charge < -0.3 is 4.79 Å². The molecule has 0 aliphatic heterocycles. The Morgan fingerprint density at radius 1 is 1.67 bits per heavy atom. The van der Waals surface area contributed by atoms with Gasteiger partial charge >= 0.3 is 0 Å². The smallest absolute Gasteiger partial charge is 0.127 e. The van der Waals surface area contributed by atoms with Crippen molar-refractivity contribution in [1.82, 2.24) is 0 Å². The van der Waals surface area contributed by atoms with Crippen LogP contribution in [-0.4, -0.2) is 6.29 Å². The molecule has 0 saturated carbocycles. The standard InChI is InChI=1S/C8H12O/c1-3-5-6-8(4-2)7-9/h3-5,7-8H,2,6H2,1H3/b5-3-. The van der Waals surface area contributed by atoms with Crippen LogP contribution in [0.15, 0.2) is 24.8 Å². The van der Waals surface area contributed by atoms with Crippen molar-refractivity contribution in [3.63, 3.8) is 0 Å². The summed E-state index contributed by atoms with van der Waals surface area (Å²) in [7, 11) is 0. The van der Waals surface area contributed by atoms with Crippen molar-refractivity contribution in [1.29, 1.82) is 0 Å². The lowest BCUT2D eigenvalue weighted by molar-refractivity contribution is -0.109. The van der Waals surface area contributed by atoms with E-state index in [1.807, 2.05) is 19.1 Å². The molecule has 0 N–H and O–H groups in total. The van der Waals surface area contributed by atoms with Crippen LogP contribution in [0.25, 0.3) is 0 Å². The number of aldehydes is 1. The minimum atomic E-state index is 0.00111. The van der Waals surface area contributed by atoms with Crippen molar-refractivity contribution < 1.29 is 4.79 Å². The molecule has 50 valence electrons. The minimum Gasteiger partial charge on any atom is -0.303 e. The molecule has 1 heteroatoms. The topological polar surface area (TPSA) is 17.1 Å². The van der Waals surface area contributed by atoms with E-state index >= 15 is 0 Å². The van der Waals surface area contributed by atoms with Gasteiger partial charge in [0.1, 0.15) is 6.29 Å². The molecule has 9 heavy (non-hydrogen) atoms. The minimum absolute atomic E-state index is 0.00111. The largest absolute Gasteiger partial charge is 0.303 e. The van der Waals surface area contributed by atoms with Crippen LogP contribution in [0, 0.1) is 5.92 Å². The third-order valence-corrected chi connectivity index (χ3v) is 1.12. The van der Waals surface area contributed by atoms with E-state index in [-0.39, 0.29) is 5.92 Å². The van der Waals surface area contributed by atoms with Gasteiger partial charge in [0.05, 0.1) is 0 Å². The van der Waals surface area contributed by atoms with Crippen LogP contribution in [0.2, 0.25) is 0 Å². The third kappa shape index (κ3) is 3.71. The van der Waals surface area contributed by atoms with E-state index in [0.29, 0.717) is 0 Å². The zero-order chi connectivity index (χ0) is 7.11. The first kappa shape index (κ1) is 8.15. The van der Waals surface area contributed by atoms with Gasteiger partial charge in [0.25, 0.3) is 0 Å². The van der Waals surface area contributed by atoms with Crippen molar-refractivity contribution in [2.75, 3.05) is 0 Å². The van der Waals surface area contributed by atoms with Crippen LogP contribution in [0.5, 0.6) is 0 Å². The fourth-order valence-corrected chi connectivity index (χ4v) is 0.501. The van der Waals surface area contributed by atoms with Crippen LogP contribution in [0.1, 0.15) is 13.3 Å². The fraction of sp³-hybridized carbons (Fsp3) is 0.375. The van der Waals surface area contributed by atoms with E-state index in [4.69, 9.17) is 0 Å². The van der Waals surface area contributed by atoms with Crippen molar-refractivity contribution >= 4 is 6.29 Å². The molecule has 1 nitrogen and oxygen atoms in total. The lowest BCUT2D eigenvalue weighted by Gasteiger charge is -1.95. The van der Waals surface area contributed by atoms with Gasteiger partial charge in [-0.15, -0.1) is 6.58 Å². The maximum absolute atomic E-state index is 10.1.